The van der Waals surface area contributed by atoms with Crippen LogP contribution in [0.1, 0.15) is 16.1 Å². The Labute approximate surface area is 135 Å². The zero-order chi connectivity index (χ0) is 15.2. The van der Waals surface area contributed by atoms with Gasteiger partial charge in [-0.3, -0.25) is 4.79 Å². The molecule has 0 saturated heterocycles. The van der Waals surface area contributed by atoms with Crippen molar-refractivity contribution in [2.45, 2.75) is 6.92 Å². The zero-order valence-electron chi connectivity index (χ0n) is 11.3. The normalized spacial score (nSPS) is 10.0. The molecule has 2 aromatic rings. The van der Waals surface area contributed by atoms with Gasteiger partial charge in [0.15, 0.2) is 6.61 Å². The number of aryl methyl sites for hydroxylation is 1. The minimum Gasteiger partial charge on any atom is -0.451 e. The van der Waals surface area contributed by atoms with Crippen LogP contribution in [0.4, 0.5) is 5.69 Å². The number of amides is 1. The highest BCUT2D eigenvalue weighted by atomic mass is 127. The standard InChI is InChI=1S/C15H13IN2O3/c1-10-8-11(16)5-6-12(10)18-14(19)9-21-15(20)13-4-2-3-7-17-13/h2-8H,9H2,1H3,(H,18,19). The van der Waals surface area contributed by atoms with Gasteiger partial charge in [-0.15, -0.1) is 0 Å². The number of rotatable bonds is 4. The first-order chi connectivity index (χ1) is 10.1. The molecule has 0 saturated carbocycles. The van der Waals surface area contributed by atoms with Gasteiger partial charge in [0.2, 0.25) is 0 Å². The van der Waals surface area contributed by atoms with Gasteiger partial charge in [0, 0.05) is 15.5 Å². The Hall–Kier alpha value is -1.96. The number of hydrogen-bond acceptors (Lipinski definition) is 4. The lowest BCUT2D eigenvalue weighted by Crippen LogP contribution is -2.21. The second-order valence-electron chi connectivity index (χ2n) is 4.30. The maximum absolute atomic E-state index is 11.8. The molecular weight excluding hydrogens is 383 g/mol. The first kappa shape index (κ1) is 15.4. The lowest BCUT2D eigenvalue weighted by molar-refractivity contribution is -0.119. The molecule has 0 aliphatic rings. The zero-order valence-corrected chi connectivity index (χ0v) is 13.5. The number of carbonyl (C=O) groups excluding carboxylic acids is 2. The van der Waals surface area contributed by atoms with Crippen LogP contribution in [0.2, 0.25) is 0 Å². The van der Waals surface area contributed by atoms with Gasteiger partial charge >= 0.3 is 5.97 Å². The first-order valence-electron chi connectivity index (χ1n) is 6.20. The molecular formula is C15H13IN2O3. The van der Waals surface area contributed by atoms with Gasteiger partial charge in [-0.25, -0.2) is 9.78 Å². The number of anilines is 1. The molecule has 21 heavy (non-hydrogen) atoms. The predicted molar refractivity (Wildman–Crippen MR) is 87.0 cm³/mol. The predicted octanol–water partition coefficient (Wildman–Crippen LogP) is 2.79. The topological polar surface area (TPSA) is 68.3 Å². The van der Waals surface area contributed by atoms with Crippen LogP contribution in [0.5, 0.6) is 0 Å². The summed E-state index contributed by atoms with van der Waals surface area (Å²) in [5.41, 5.74) is 1.83. The van der Waals surface area contributed by atoms with E-state index >= 15 is 0 Å². The van der Waals surface area contributed by atoms with Gasteiger partial charge < -0.3 is 10.1 Å². The van der Waals surface area contributed by atoms with E-state index in [4.69, 9.17) is 4.74 Å². The van der Waals surface area contributed by atoms with Crippen LogP contribution < -0.4 is 5.32 Å². The van der Waals surface area contributed by atoms with E-state index in [2.05, 4.69) is 32.9 Å². The van der Waals surface area contributed by atoms with Gasteiger partial charge in [0.1, 0.15) is 5.69 Å². The van der Waals surface area contributed by atoms with E-state index in [1.165, 1.54) is 12.3 Å². The van der Waals surface area contributed by atoms with Crippen molar-refractivity contribution in [3.63, 3.8) is 0 Å². The number of pyridine rings is 1. The number of hydrogen-bond donors (Lipinski definition) is 1. The van der Waals surface area contributed by atoms with Crippen LogP contribution in [-0.2, 0) is 9.53 Å². The third-order valence-corrected chi connectivity index (χ3v) is 3.34. The van der Waals surface area contributed by atoms with E-state index in [0.717, 1.165) is 9.13 Å². The van der Waals surface area contributed by atoms with Crippen molar-refractivity contribution >= 4 is 40.2 Å². The fraction of sp³-hybridized carbons (Fsp3) is 0.133. The Kier molecular flexibility index (Phi) is 5.26. The molecule has 1 aromatic carbocycles. The number of nitrogens with one attached hydrogen (secondary N) is 1. The highest BCUT2D eigenvalue weighted by molar-refractivity contribution is 14.1. The summed E-state index contributed by atoms with van der Waals surface area (Å²) in [6.07, 6.45) is 1.49. The van der Waals surface area contributed by atoms with E-state index in [9.17, 15) is 9.59 Å². The van der Waals surface area contributed by atoms with Crippen LogP contribution >= 0.6 is 22.6 Å². The molecule has 108 valence electrons. The van der Waals surface area contributed by atoms with E-state index < -0.39 is 5.97 Å². The molecule has 0 bridgehead atoms. The summed E-state index contributed by atoms with van der Waals surface area (Å²) < 4.78 is 6.00. The highest BCUT2D eigenvalue weighted by Crippen LogP contribution is 2.17. The lowest BCUT2D eigenvalue weighted by Gasteiger charge is -2.09. The fourth-order valence-corrected chi connectivity index (χ4v) is 2.29. The Morgan fingerprint density at radius 2 is 2.10 bits per heavy atom. The van der Waals surface area contributed by atoms with Gasteiger partial charge in [-0.2, -0.15) is 0 Å². The van der Waals surface area contributed by atoms with E-state index in [1.54, 1.807) is 12.1 Å². The number of ether oxygens (including phenoxy) is 1. The van der Waals surface area contributed by atoms with Crippen LogP contribution in [0.25, 0.3) is 0 Å². The smallest absolute Gasteiger partial charge is 0.357 e. The minimum absolute atomic E-state index is 0.177. The fourth-order valence-electron chi connectivity index (χ4n) is 1.64. The molecule has 1 heterocycles. The van der Waals surface area contributed by atoms with E-state index in [0.29, 0.717) is 5.69 Å². The molecule has 1 aromatic heterocycles. The average molecular weight is 396 g/mol. The molecule has 0 aliphatic heterocycles. The van der Waals surface area contributed by atoms with E-state index in [1.807, 2.05) is 25.1 Å². The summed E-state index contributed by atoms with van der Waals surface area (Å²) in [5, 5.41) is 2.70. The van der Waals surface area contributed by atoms with Gasteiger partial charge in [0.05, 0.1) is 0 Å². The summed E-state index contributed by atoms with van der Waals surface area (Å²) in [6, 6.07) is 10.6. The molecule has 5 nitrogen and oxygen atoms in total. The van der Waals surface area contributed by atoms with Crippen molar-refractivity contribution in [1.82, 2.24) is 4.98 Å². The van der Waals surface area contributed by atoms with Crippen molar-refractivity contribution in [3.05, 3.63) is 57.4 Å². The van der Waals surface area contributed by atoms with Crippen LogP contribution in [0.15, 0.2) is 42.6 Å². The summed E-state index contributed by atoms with van der Waals surface area (Å²) in [7, 11) is 0. The molecule has 0 unspecified atom stereocenters. The van der Waals surface area contributed by atoms with Gasteiger partial charge in [-0.1, -0.05) is 6.07 Å². The van der Waals surface area contributed by atoms with Crippen LogP contribution in [-0.4, -0.2) is 23.5 Å². The Balaban J connectivity index is 1.89. The number of esters is 1. The molecule has 0 fully saturated rings. The van der Waals surface area contributed by atoms with Crippen molar-refractivity contribution in [2.75, 3.05) is 11.9 Å². The third-order valence-electron chi connectivity index (χ3n) is 2.67. The van der Waals surface area contributed by atoms with Crippen LogP contribution in [0.3, 0.4) is 0 Å². The molecule has 0 radical (unpaired) electrons. The SMILES string of the molecule is Cc1cc(I)ccc1NC(=O)COC(=O)c1ccccn1. The van der Waals surface area contributed by atoms with Crippen molar-refractivity contribution in [1.29, 1.82) is 0 Å². The quantitative estimate of drug-likeness (QED) is 0.638. The highest BCUT2D eigenvalue weighted by Gasteiger charge is 2.11. The first-order valence-corrected chi connectivity index (χ1v) is 7.28. The second kappa shape index (κ2) is 7.16. The summed E-state index contributed by atoms with van der Waals surface area (Å²) >= 11 is 2.20. The lowest BCUT2D eigenvalue weighted by atomic mass is 10.2. The van der Waals surface area contributed by atoms with Crippen molar-refractivity contribution in [2.24, 2.45) is 0 Å². The molecule has 1 amide bonds. The monoisotopic (exact) mass is 396 g/mol. The summed E-state index contributed by atoms with van der Waals surface area (Å²) in [6.45, 7) is 1.55. The summed E-state index contributed by atoms with van der Waals surface area (Å²) in [5.74, 6) is -1.01. The van der Waals surface area contributed by atoms with Gasteiger partial charge in [0.25, 0.3) is 5.91 Å². The Morgan fingerprint density at radius 1 is 1.29 bits per heavy atom. The van der Waals surface area contributed by atoms with Crippen LogP contribution in [0, 0.1) is 10.5 Å². The van der Waals surface area contributed by atoms with Crippen molar-refractivity contribution in [3.8, 4) is 0 Å². The average Bonchev–Trinajstić information content (AvgIpc) is 2.48. The number of carbonyl (C=O) groups is 2. The number of benzene rings is 1. The Morgan fingerprint density at radius 3 is 2.76 bits per heavy atom. The Bertz CT molecular complexity index is 659. The molecule has 1 N–H and O–H groups in total. The minimum atomic E-state index is -0.620. The number of aromatic nitrogens is 1. The van der Waals surface area contributed by atoms with Gasteiger partial charge in [-0.05, 0) is 65.4 Å². The van der Waals surface area contributed by atoms with Crippen molar-refractivity contribution < 1.29 is 14.3 Å². The largest absolute Gasteiger partial charge is 0.451 e. The maximum Gasteiger partial charge on any atom is 0.357 e. The maximum atomic E-state index is 11.8. The number of halogens is 1. The molecule has 6 heteroatoms. The molecule has 0 atom stereocenters. The summed E-state index contributed by atoms with van der Waals surface area (Å²) in [4.78, 5) is 27.3. The molecule has 0 spiro atoms. The second-order valence-corrected chi connectivity index (χ2v) is 5.54. The number of nitrogens with zero attached hydrogens (tertiary/aromatic N) is 1. The van der Waals surface area contributed by atoms with E-state index in [-0.39, 0.29) is 18.2 Å². The third kappa shape index (κ3) is 4.52. The molecule has 0 aliphatic carbocycles. The molecule has 2 rings (SSSR count).